The van der Waals surface area contributed by atoms with Crippen molar-refractivity contribution in [3.05, 3.63) is 23.8 Å². The largest absolute Gasteiger partial charge is 0.508 e. The van der Waals surface area contributed by atoms with Gasteiger partial charge in [-0.3, -0.25) is 0 Å². The van der Waals surface area contributed by atoms with Crippen LogP contribution >= 0.6 is 0 Å². The zero-order chi connectivity index (χ0) is 15.8. The summed E-state index contributed by atoms with van der Waals surface area (Å²) in [6.07, 6.45) is 0. The summed E-state index contributed by atoms with van der Waals surface area (Å²) in [4.78, 5) is 2.18. The highest BCUT2D eigenvalue weighted by atomic mass is 16.5. The molecule has 2 unspecified atom stereocenters. The molecule has 1 aromatic carbocycles. The summed E-state index contributed by atoms with van der Waals surface area (Å²) in [7, 11) is 5.26. The van der Waals surface area contributed by atoms with Gasteiger partial charge in [0.05, 0.1) is 13.2 Å². The zero-order valence-electron chi connectivity index (χ0n) is 13.7. The molecule has 0 saturated heterocycles. The SMILES string of the molecule is CNC(C)c1ccc(N(CCOC)C(C)COC)cc1O. The Morgan fingerprint density at radius 2 is 1.95 bits per heavy atom. The Morgan fingerprint density at radius 1 is 1.24 bits per heavy atom. The quantitative estimate of drug-likeness (QED) is 0.731. The van der Waals surface area contributed by atoms with Crippen molar-refractivity contribution in [2.45, 2.75) is 25.9 Å². The molecule has 5 nitrogen and oxygen atoms in total. The summed E-state index contributed by atoms with van der Waals surface area (Å²) in [5.74, 6) is 0.307. The van der Waals surface area contributed by atoms with Gasteiger partial charge in [0, 0.05) is 50.2 Å². The van der Waals surface area contributed by atoms with Gasteiger partial charge in [-0.15, -0.1) is 0 Å². The Kier molecular flexibility index (Phi) is 7.50. The predicted octanol–water partition coefficient (Wildman–Crippen LogP) is 2.16. The van der Waals surface area contributed by atoms with Crippen LogP contribution in [0.25, 0.3) is 0 Å². The Balaban J connectivity index is 2.99. The first kappa shape index (κ1) is 17.8. The minimum Gasteiger partial charge on any atom is -0.508 e. The van der Waals surface area contributed by atoms with Crippen LogP contribution in [-0.4, -0.2) is 52.2 Å². The van der Waals surface area contributed by atoms with Crippen LogP contribution in [0.2, 0.25) is 0 Å². The lowest BCUT2D eigenvalue weighted by atomic mass is 10.1. The third-order valence-corrected chi connectivity index (χ3v) is 3.72. The van der Waals surface area contributed by atoms with E-state index in [0.717, 1.165) is 17.8 Å². The average molecular weight is 296 g/mol. The van der Waals surface area contributed by atoms with Gasteiger partial charge in [0.1, 0.15) is 5.75 Å². The Bertz CT molecular complexity index is 426. The van der Waals surface area contributed by atoms with E-state index in [1.165, 1.54) is 0 Å². The average Bonchev–Trinajstić information content (AvgIpc) is 2.47. The third kappa shape index (κ3) is 4.88. The molecule has 1 aromatic rings. The van der Waals surface area contributed by atoms with Gasteiger partial charge in [-0.1, -0.05) is 6.07 Å². The minimum absolute atomic E-state index is 0.114. The van der Waals surface area contributed by atoms with Crippen molar-refractivity contribution < 1.29 is 14.6 Å². The number of benzene rings is 1. The fourth-order valence-corrected chi connectivity index (χ4v) is 2.36. The minimum atomic E-state index is 0.114. The molecule has 0 aliphatic heterocycles. The summed E-state index contributed by atoms with van der Waals surface area (Å²) >= 11 is 0. The topological polar surface area (TPSA) is 54.0 Å². The van der Waals surface area contributed by atoms with Crippen LogP contribution in [0.15, 0.2) is 18.2 Å². The van der Waals surface area contributed by atoms with E-state index < -0.39 is 0 Å². The molecule has 0 heterocycles. The molecule has 21 heavy (non-hydrogen) atoms. The molecule has 0 aliphatic rings. The molecule has 0 radical (unpaired) electrons. The fraction of sp³-hybridized carbons (Fsp3) is 0.625. The molecule has 0 spiro atoms. The van der Waals surface area contributed by atoms with Crippen LogP contribution in [0.3, 0.4) is 0 Å². The number of nitrogens with zero attached hydrogens (tertiary/aromatic N) is 1. The highest BCUT2D eigenvalue weighted by Crippen LogP contribution is 2.29. The number of hydrogen-bond acceptors (Lipinski definition) is 5. The molecule has 0 bridgehead atoms. The summed E-state index contributed by atoms with van der Waals surface area (Å²) in [6, 6.07) is 6.13. The maximum atomic E-state index is 10.2. The Morgan fingerprint density at radius 3 is 2.48 bits per heavy atom. The number of phenols is 1. The second-order valence-electron chi connectivity index (χ2n) is 5.24. The van der Waals surface area contributed by atoms with E-state index in [1.807, 2.05) is 32.2 Å². The second kappa shape index (κ2) is 8.87. The first-order valence-corrected chi connectivity index (χ1v) is 7.29. The number of anilines is 1. The van der Waals surface area contributed by atoms with Crippen LogP contribution in [-0.2, 0) is 9.47 Å². The molecule has 2 atom stereocenters. The van der Waals surface area contributed by atoms with E-state index in [1.54, 1.807) is 14.2 Å². The number of phenolic OH excluding ortho intramolecular Hbond substituents is 1. The predicted molar refractivity (Wildman–Crippen MR) is 86.1 cm³/mol. The van der Waals surface area contributed by atoms with Crippen molar-refractivity contribution in [2.75, 3.05) is 45.9 Å². The first-order valence-electron chi connectivity index (χ1n) is 7.29. The van der Waals surface area contributed by atoms with Gasteiger partial charge in [-0.05, 0) is 27.0 Å². The normalized spacial score (nSPS) is 14.0. The van der Waals surface area contributed by atoms with Crippen molar-refractivity contribution in [1.29, 1.82) is 0 Å². The number of methoxy groups -OCH3 is 2. The molecule has 5 heteroatoms. The van der Waals surface area contributed by atoms with Crippen LogP contribution in [0.5, 0.6) is 5.75 Å². The van der Waals surface area contributed by atoms with Crippen LogP contribution in [0.1, 0.15) is 25.5 Å². The third-order valence-electron chi connectivity index (χ3n) is 3.72. The molecule has 1 rings (SSSR count). The van der Waals surface area contributed by atoms with E-state index in [2.05, 4.69) is 17.1 Å². The van der Waals surface area contributed by atoms with E-state index in [0.29, 0.717) is 19.0 Å². The Labute approximate surface area is 127 Å². The monoisotopic (exact) mass is 296 g/mol. The number of nitrogens with one attached hydrogen (secondary N) is 1. The van der Waals surface area contributed by atoms with E-state index >= 15 is 0 Å². The summed E-state index contributed by atoms with van der Waals surface area (Å²) < 4.78 is 10.4. The smallest absolute Gasteiger partial charge is 0.122 e. The lowest BCUT2D eigenvalue weighted by Gasteiger charge is -2.31. The van der Waals surface area contributed by atoms with Gasteiger partial charge in [0.25, 0.3) is 0 Å². The lowest BCUT2D eigenvalue weighted by molar-refractivity contribution is 0.171. The lowest BCUT2D eigenvalue weighted by Crippen LogP contribution is -2.38. The molecule has 0 aromatic heterocycles. The maximum absolute atomic E-state index is 10.2. The Hall–Kier alpha value is -1.30. The summed E-state index contributed by atoms with van der Waals surface area (Å²) in [5, 5.41) is 13.4. The van der Waals surface area contributed by atoms with Crippen LogP contribution < -0.4 is 10.2 Å². The zero-order valence-corrected chi connectivity index (χ0v) is 13.7. The molecule has 120 valence electrons. The molecule has 0 fully saturated rings. The molecular weight excluding hydrogens is 268 g/mol. The number of hydrogen-bond donors (Lipinski definition) is 2. The molecular formula is C16H28N2O3. The van der Waals surface area contributed by atoms with Gasteiger partial charge in [0.2, 0.25) is 0 Å². The van der Waals surface area contributed by atoms with E-state index in [4.69, 9.17) is 9.47 Å². The fourth-order valence-electron chi connectivity index (χ4n) is 2.36. The molecule has 0 amide bonds. The summed E-state index contributed by atoms with van der Waals surface area (Å²) in [5.41, 5.74) is 1.87. The second-order valence-corrected chi connectivity index (χ2v) is 5.24. The molecule has 0 aliphatic carbocycles. The maximum Gasteiger partial charge on any atom is 0.122 e. The van der Waals surface area contributed by atoms with Gasteiger partial charge in [-0.25, -0.2) is 0 Å². The summed E-state index contributed by atoms with van der Waals surface area (Å²) in [6.45, 7) is 6.12. The highest BCUT2D eigenvalue weighted by Gasteiger charge is 2.17. The van der Waals surface area contributed by atoms with Gasteiger partial charge in [-0.2, -0.15) is 0 Å². The number of aromatic hydroxyl groups is 1. The van der Waals surface area contributed by atoms with Crippen LogP contribution in [0, 0.1) is 0 Å². The number of rotatable bonds is 9. The number of ether oxygens (including phenoxy) is 2. The van der Waals surface area contributed by atoms with Crippen molar-refractivity contribution in [3.63, 3.8) is 0 Å². The highest BCUT2D eigenvalue weighted by molar-refractivity contribution is 5.54. The van der Waals surface area contributed by atoms with Crippen molar-refractivity contribution in [2.24, 2.45) is 0 Å². The van der Waals surface area contributed by atoms with Gasteiger partial charge < -0.3 is 24.8 Å². The van der Waals surface area contributed by atoms with E-state index in [-0.39, 0.29) is 12.1 Å². The van der Waals surface area contributed by atoms with Crippen LogP contribution in [0.4, 0.5) is 5.69 Å². The standard InChI is InChI=1S/C16H28N2O3/c1-12(11-21-5)18(8-9-20-4)14-6-7-15(13(2)17-3)16(19)10-14/h6-7,10,12-13,17,19H,8-9,11H2,1-5H3. The van der Waals surface area contributed by atoms with Gasteiger partial charge >= 0.3 is 0 Å². The van der Waals surface area contributed by atoms with E-state index in [9.17, 15) is 5.11 Å². The van der Waals surface area contributed by atoms with Crippen molar-refractivity contribution in [3.8, 4) is 5.75 Å². The van der Waals surface area contributed by atoms with Gasteiger partial charge in [0.15, 0.2) is 0 Å². The van der Waals surface area contributed by atoms with Crippen molar-refractivity contribution >= 4 is 5.69 Å². The first-order chi connectivity index (χ1) is 10.0. The molecule has 2 N–H and O–H groups in total. The molecule has 0 saturated carbocycles. The van der Waals surface area contributed by atoms with Crippen molar-refractivity contribution in [1.82, 2.24) is 5.32 Å².